The summed E-state index contributed by atoms with van der Waals surface area (Å²) < 4.78 is 0. The number of pyridine rings is 1. The fourth-order valence-corrected chi connectivity index (χ4v) is 0.799. The van der Waals surface area contributed by atoms with Crippen LogP contribution in [0.15, 0.2) is 12.3 Å². The quantitative estimate of drug-likeness (QED) is 0.574. The van der Waals surface area contributed by atoms with E-state index in [-0.39, 0.29) is 0 Å². The van der Waals surface area contributed by atoms with Gasteiger partial charge >= 0.3 is 0 Å². The first-order valence-corrected chi connectivity index (χ1v) is 3.55. The zero-order valence-electron chi connectivity index (χ0n) is 6.68. The molecule has 0 saturated heterocycles. The van der Waals surface area contributed by atoms with Crippen LogP contribution in [-0.4, -0.2) is 4.98 Å². The minimum Gasteiger partial charge on any atom is -0.260 e. The molecule has 1 rings (SSSR count). The Morgan fingerprint density at radius 1 is 1.50 bits per heavy atom. The monoisotopic (exact) mass is 134 g/mol. The molecule has 0 fully saturated rings. The molecule has 0 saturated carbocycles. The standard InChI is InChI=1S/C9H12N/c1-7(2)9-6-8(3)4-5-10-9/h4-5,7H,1-3H3. The lowest BCUT2D eigenvalue weighted by Gasteiger charge is -2.02. The van der Waals surface area contributed by atoms with E-state index in [1.54, 1.807) is 0 Å². The summed E-state index contributed by atoms with van der Waals surface area (Å²) in [5.74, 6) is 0.486. The van der Waals surface area contributed by atoms with Gasteiger partial charge < -0.3 is 0 Å². The third kappa shape index (κ3) is 1.56. The van der Waals surface area contributed by atoms with Crippen LogP contribution in [0.5, 0.6) is 0 Å². The predicted molar refractivity (Wildman–Crippen MR) is 41.9 cm³/mol. The Morgan fingerprint density at radius 2 is 2.20 bits per heavy atom. The Labute approximate surface area is 62.1 Å². The van der Waals surface area contributed by atoms with Gasteiger partial charge in [0, 0.05) is 12.3 Å². The average molecular weight is 134 g/mol. The van der Waals surface area contributed by atoms with Crippen molar-refractivity contribution in [3.05, 3.63) is 29.6 Å². The molecule has 0 unspecified atom stereocenters. The SMILES string of the molecule is Cc1[c]c(C(C)C)ncc1. The summed E-state index contributed by atoms with van der Waals surface area (Å²) in [6.45, 7) is 6.28. The van der Waals surface area contributed by atoms with Crippen LogP contribution in [0.25, 0.3) is 0 Å². The van der Waals surface area contributed by atoms with Crippen LogP contribution in [0.2, 0.25) is 0 Å². The third-order valence-electron chi connectivity index (χ3n) is 1.41. The van der Waals surface area contributed by atoms with E-state index in [1.165, 1.54) is 5.56 Å². The Balaban J connectivity index is 2.96. The second kappa shape index (κ2) is 2.82. The summed E-state index contributed by atoms with van der Waals surface area (Å²) in [4.78, 5) is 4.18. The van der Waals surface area contributed by atoms with Crippen molar-refractivity contribution in [2.75, 3.05) is 0 Å². The van der Waals surface area contributed by atoms with Gasteiger partial charge in [0.2, 0.25) is 0 Å². The first-order valence-electron chi connectivity index (χ1n) is 3.55. The van der Waals surface area contributed by atoms with Gasteiger partial charge in [-0.25, -0.2) is 0 Å². The molecule has 1 aromatic rings. The molecule has 0 N–H and O–H groups in total. The van der Waals surface area contributed by atoms with E-state index in [4.69, 9.17) is 0 Å². The molecule has 0 aliphatic rings. The maximum atomic E-state index is 4.18. The summed E-state index contributed by atoms with van der Waals surface area (Å²) in [7, 11) is 0. The Kier molecular flexibility index (Phi) is 2.05. The minimum atomic E-state index is 0.486. The van der Waals surface area contributed by atoms with Gasteiger partial charge in [0.15, 0.2) is 0 Å². The molecule has 0 spiro atoms. The van der Waals surface area contributed by atoms with E-state index in [0.29, 0.717) is 5.92 Å². The van der Waals surface area contributed by atoms with E-state index < -0.39 is 0 Å². The molecular weight excluding hydrogens is 122 g/mol. The van der Waals surface area contributed by atoms with Crippen LogP contribution >= 0.6 is 0 Å². The topological polar surface area (TPSA) is 12.9 Å². The summed E-state index contributed by atoms with van der Waals surface area (Å²) in [6.07, 6.45) is 1.83. The largest absolute Gasteiger partial charge is 0.260 e. The zero-order valence-corrected chi connectivity index (χ0v) is 6.68. The predicted octanol–water partition coefficient (Wildman–Crippen LogP) is 2.31. The first kappa shape index (κ1) is 7.26. The highest BCUT2D eigenvalue weighted by molar-refractivity contribution is 5.14. The van der Waals surface area contributed by atoms with Crippen LogP contribution < -0.4 is 0 Å². The lowest BCUT2D eigenvalue weighted by Crippen LogP contribution is -1.92. The number of hydrogen-bond acceptors (Lipinski definition) is 1. The van der Waals surface area contributed by atoms with Gasteiger partial charge in [0.05, 0.1) is 5.69 Å². The smallest absolute Gasteiger partial charge is 0.0510 e. The van der Waals surface area contributed by atoms with Crippen LogP contribution in [0.3, 0.4) is 0 Å². The van der Waals surface area contributed by atoms with Crippen molar-refractivity contribution in [1.29, 1.82) is 0 Å². The van der Waals surface area contributed by atoms with Gasteiger partial charge in [-0.15, -0.1) is 0 Å². The highest BCUT2D eigenvalue weighted by Gasteiger charge is 1.98. The van der Waals surface area contributed by atoms with Crippen molar-refractivity contribution in [1.82, 2.24) is 4.98 Å². The number of nitrogens with zero attached hydrogens (tertiary/aromatic N) is 1. The van der Waals surface area contributed by atoms with Crippen molar-refractivity contribution in [2.45, 2.75) is 26.7 Å². The maximum absolute atomic E-state index is 4.18. The maximum Gasteiger partial charge on any atom is 0.0510 e. The lowest BCUT2D eigenvalue weighted by atomic mass is 10.1. The van der Waals surface area contributed by atoms with Gasteiger partial charge in [-0.1, -0.05) is 13.8 Å². The molecule has 0 amide bonds. The Hall–Kier alpha value is -0.850. The van der Waals surface area contributed by atoms with Crippen molar-refractivity contribution in [3.63, 3.8) is 0 Å². The Morgan fingerprint density at radius 3 is 2.60 bits per heavy atom. The minimum absolute atomic E-state index is 0.486. The second-order valence-corrected chi connectivity index (χ2v) is 2.79. The molecule has 0 aliphatic carbocycles. The third-order valence-corrected chi connectivity index (χ3v) is 1.41. The van der Waals surface area contributed by atoms with Crippen LogP contribution in [0.4, 0.5) is 0 Å². The highest BCUT2D eigenvalue weighted by Crippen LogP contribution is 2.10. The van der Waals surface area contributed by atoms with Crippen LogP contribution in [0, 0.1) is 13.0 Å². The molecule has 0 aromatic carbocycles. The van der Waals surface area contributed by atoms with E-state index in [9.17, 15) is 0 Å². The fourth-order valence-electron chi connectivity index (χ4n) is 0.799. The fraction of sp³-hybridized carbons (Fsp3) is 0.444. The molecule has 0 atom stereocenters. The first-order chi connectivity index (χ1) is 4.70. The molecule has 1 nitrogen and oxygen atoms in total. The molecule has 0 bridgehead atoms. The lowest BCUT2D eigenvalue weighted by molar-refractivity contribution is 0.818. The summed E-state index contributed by atoms with van der Waals surface area (Å²) in [5.41, 5.74) is 2.22. The zero-order chi connectivity index (χ0) is 7.56. The van der Waals surface area contributed by atoms with E-state index in [1.807, 2.05) is 19.2 Å². The van der Waals surface area contributed by atoms with Gasteiger partial charge in [-0.3, -0.25) is 4.98 Å². The number of hydrogen-bond donors (Lipinski definition) is 0. The number of aryl methyl sites for hydroxylation is 1. The van der Waals surface area contributed by atoms with Crippen molar-refractivity contribution in [3.8, 4) is 0 Å². The molecule has 1 heteroatoms. The second-order valence-electron chi connectivity index (χ2n) is 2.79. The Bertz CT molecular complexity index is 216. The normalized spacial score (nSPS) is 10.4. The number of aromatic nitrogens is 1. The van der Waals surface area contributed by atoms with Gasteiger partial charge in [-0.2, -0.15) is 0 Å². The molecule has 1 heterocycles. The van der Waals surface area contributed by atoms with Gasteiger partial charge in [0.1, 0.15) is 0 Å². The van der Waals surface area contributed by atoms with Gasteiger partial charge in [-0.05, 0) is 24.5 Å². The van der Waals surface area contributed by atoms with Crippen LogP contribution in [0.1, 0.15) is 31.0 Å². The summed E-state index contributed by atoms with van der Waals surface area (Å²) >= 11 is 0. The van der Waals surface area contributed by atoms with E-state index in [0.717, 1.165) is 5.69 Å². The van der Waals surface area contributed by atoms with Gasteiger partial charge in [0.25, 0.3) is 0 Å². The molecule has 10 heavy (non-hydrogen) atoms. The molecule has 0 aliphatic heterocycles. The number of rotatable bonds is 1. The molecule has 53 valence electrons. The van der Waals surface area contributed by atoms with E-state index in [2.05, 4.69) is 24.9 Å². The molecular formula is C9H12N. The molecule has 1 aromatic heterocycles. The highest BCUT2D eigenvalue weighted by atomic mass is 14.7. The molecule has 1 radical (unpaired) electrons. The van der Waals surface area contributed by atoms with Crippen molar-refractivity contribution >= 4 is 0 Å². The summed E-state index contributed by atoms with van der Waals surface area (Å²) in [5, 5.41) is 0. The van der Waals surface area contributed by atoms with Crippen LogP contribution in [-0.2, 0) is 0 Å². The van der Waals surface area contributed by atoms with E-state index >= 15 is 0 Å². The van der Waals surface area contributed by atoms with Crippen molar-refractivity contribution in [2.24, 2.45) is 0 Å². The average Bonchev–Trinajstić information content (AvgIpc) is 1.88. The summed E-state index contributed by atoms with van der Waals surface area (Å²) in [6, 6.07) is 5.16. The van der Waals surface area contributed by atoms with Crippen molar-refractivity contribution < 1.29 is 0 Å².